The largest absolute Gasteiger partial charge is 0.382 e. The monoisotopic (exact) mass is 296 g/mol. The summed E-state index contributed by atoms with van der Waals surface area (Å²) >= 11 is 0. The first kappa shape index (κ1) is 16.4. The van der Waals surface area contributed by atoms with E-state index in [0.717, 1.165) is 11.4 Å². The maximum Gasteiger partial charge on any atom is 0.0388 e. The zero-order valence-corrected chi connectivity index (χ0v) is 14.4. The Labute approximate surface area is 135 Å². The van der Waals surface area contributed by atoms with Gasteiger partial charge in [0.2, 0.25) is 0 Å². The molecule has 2 aromatic rings. The van der Waals surface area contributed by atoms with Crippen molar-refractivity contribution in [2.24, 2.45) is 5.92 Å². The molecule has 0 aliphatic heterocycles. The lowest BCUT2D eigenvalue weighted by atomic mass is 10.0. The van der Waals surface area contributed by atoms with Crippen molar-refractivity contribution in [2.75, 3.05) is 10.6 Å². The van der Waals surface area contributed by atoms with Crippen LogP contribution in [0.15, 0.2) is 42.5 Å². The van der Waals surface area contributed by atoms with E-state index < -0.39 is 0 Å². The fourth-order valence-corrected chi connectivity index (χ4v) is 2.74. The van der Waals surface area contributed by atoms with E-state index in [-0.39, 0.29) is 0 Å². The fraction of sp³-hybridized carbons (Fsp3) is 0.400. The van der Waals surface area contributed by atoms with Crippen LogP contribution in [0, 0.1) is 19.8 Å². The molecule has 0 bridgehead atoms. The number of benzene rings is 2. The molecule has 0 aliphatic rings. The van der Waals surface area contributed by atoms with Crippen molar-refractivity contribution in [3.05, 3.63) is 53.6 Å². The van der Waals surface area contributed by atoms with Gasteiger partial charge in [-0.2, -0.15) is 0 Å². The van der Waals surface area contributed by atoms with Gasteiger partial charge in [0.05, 0.1) is 0 Å². The summed E-state index contributed by atoms with van der Waals surface area (Å²) in [6.07, 6.45) is 1.18. The Morgan fingerprint density at radius 1 is 0.864 bits per heavy atom. The van der Waals surface area contributed by atoms with Gasteiger partial charge < -0.3 is 10.6 Å². The minimum Gasteiger partial charge on any atom is -0.382 e. The van der Waals surface area contributed by atoms with Gasteiger partial charge in [0.1, 0.15) is 0 Å². The summed E-state index contributed by atoms with van der Waals surface area (Å²) in [4.78, 5) is 0. The van der Waals surface area contributed by atoms with E-state index in [9.17, 15) is 0 Å². The van der Waals surface area contributed by atoms with E-state index in [0.29, 0.717) is 12.0 Å². The van der Waals surface area contributed by atoms with Crippen LogP contribution in [0.4, 0.5) is 17.1 Å². The van der Waals surface area contributed by atoms with Gasteiger partial charge in [-0.25, -0.2) is 0 Å². The molecule has 0 saturated carbocycles. The number of hydrogen-bond donors (Lipinski definition) is 2. The molecule has 2 rings (SSSR count). The predicted molar refractivity (Wildman–Crippen MR) is 98.2 cm³/mol. The number of aryl methyl sites for hydroxylation is 2. The molecule has 22 heavy (non-hydrogen) atoms. The predicted octanol–water partition coefficient (Wildman–Crippen LogP) is 5.89. The Kier molecular flexibility index (Phi) is 5.48. The second-order valence-corrected chi connectivity index (χ2v) is 6.70. The molecule has 0 heterocycles. The molecule has 2 aromatic carbocycles. The molecule has 1 atom stereocenters. The highest BCUT2D eigenvalue weighted by atomic mass is 14.9. The lowest BCUT2D eigenvalue weighted by molar-refractivity contribution is 0.539. The molecule has 2 nitrogen and oxygen atoms in total. The third-order valence-electron chi connectivity index (χ3n) is 3.79. The second kappa shape index (κ2) is 7.35. The Morgan fingerprint density at radius 2 is 1.50 bits per heavy atom. The molecule has 2 heteroatoms. The second-order valence-electron chi connectivity index (χ2n) is 6.70. The molecule has 0 amide bonds. The summed E-state index contributed by atoms with van der Waals surface area (Å²) in [5.74, 6) is 0.713. The highest BCUT2D eigenvalue weighted by molar-refractivity contribution is 5.65. The third-order valence-corrected chi connectivity index (χ3v) is 3.79. The molecule has 0 saturated heterocycles. The summed E-state index contributed by atoms with van der Waals surface area (Å²) in [5, 5.41) is 7.07. The van der Waals surface area contributed by atoms with E-state index in [4.69, 9.17) is 0 Å². The van der Waals surface area contributed by atoms with Gasteiger partial charge in [0.25, 0.3) is 0 Å². The van der Waals surface area contributed by atoms with Crippen molar-refractivity contribution >= 4 is 17.1 Å². The van der Waals surface area contributed by atoms with Gasteiger partial charge in [0.15, 0.2) is 0 Å². The normalized spacial score (nSPS) is 12.3. The molecular formula is C20H28N2. The molecule has 118 valence electrons. The first-order valence-corrected chi connectivity index (χ1v) is 8.15. The lowest BCUT2D eigenvalue weighted by Crippen LogP contribution is -2.18. The summed E-state index contributed by atoms with van der Waals surface area (Å²) < 4.78 is 0. The van der Waals surface area contributed by atoms with Gasteiger partial charge in [-0.15, -0.1) is 0 Å². The number of rotatable bonds is 6. The Balaban J connectivity index is 2.04. The smallest absolute Gasteiger partial charge is 0.0388 e. The average Bonchev–Trinajstić information content (AvgIpc) is 2.43. The summed E-state index contributed by atoms with van der Waals surface area (Å²) in [5.41, 5.74) is 6.03. The van der Waals surface area contributed by atoms with Crippen LogP contribution >= 0.6 is 0 Å². The fourth-order valence-electron chi connectivity index (χ4n) is 2.74. The summed E-state index contributed by atoms with van der Waals surface area (Å²) in [6.45, 7) is 11.0. The van der Waals surface area contributed by atoms with Crippen molar-refractivity contribution in [1.82, 2.24) is 0 Å². The minimum absolute atomic E-state index is 0.495. The molecule has 1 unspecified atom stereocenters. The average molecular weight is 296 g/mol. The number of anilines is 3. The maximum atomic E-state index is 3.61. The first-order valence-electron chi connectivity index (χ1n) is 8.15. The van der Waals surface area contributed by atoms with Crippen LogP contribution in [-0.4, -0.2) is 6.04 Å². The number of hydrogen-bond acceptors (Lipinski definition) is 2. The highest BCUT2D eigenvalue weighted by Gasteiger charge is 2.07. The zero-order chi connectivity index (χ0) is 16.1. The van der Waals surface area contributed by atoms with Crippen molar-refractivity contribution in [2.45, 2.75) is 47.1 Å². The van der Waals surface area contributed by atoms with Gasteiger partial charge in [-0.05, 0) is 69.0 Å². The molecule has 0 aliphatic carbocycles. The lowest BCUT2D eigenvalue weighted by Gasteiger charge is -2.19. The van der Waals surface area contributed by atoms with Gasteiger partial charge in [-0.3, -0.25) is 0 Å². The molecule has 2 N–H and O–H groups in total. The SMILES string of the molecule is Cc1ccc(Nc2ccc(NC(C)CC(C)C)c(C)c2)cc1. The van der Waals surface area contributed by atoms with Crippen LogP contribution in [-0.2, 0) is 0 Å². The molecular weight excluding hydrogens is 268 g/mol. The Hall–Kier alpha value is -1.96. The molecule has 0 fully saturated rings. The van der Waals surface area contributed by atoms with Crippen LogP contribution in [0.2, 0.25) is 0 Å². The van der Waals surface area contributed by atoms with Crippen molar-refractivity contribution in [1.29, 1.82) is 0 Å². The van der Waals surface area contributed by atoms with Crippen LogP contribution in [0.1, 0.15) is 38.3 Å². The minimum atomic E-state index is 0.495. The quantitative estimate of drug-likeness (QED) is 0.694. The van der Waals surface area contributed by atoms with Crippen molar-refractivity contribution < 1.29 is 0 Å². The number of nitrogens with one attached hydrogen (secondary N) is 2. The van der Waals surface area contributed by atoms with Crippen LogP contribution in [0.3, 0.4) is 0 Å². The van der Waals surface area contributed by atoms with E-state index in [1.165, 1.54) is 23.2 Å². The summed E-state index contributed by atoms with van der Waals surface area (Å²) in [6, 6.07) is 15.5. The van der Waals surface area contributed by atoms with Crippen LogP contribution in [0.25, 0.3) is 0 Å². The van der Waals surface area contributed by atoms with Gasteiger partial charge in [0, 0.05) is 23.1 Å². The topological polar surface area (TPSA) is 24.1 Å². The van der Waals surface area contributed by atoms with Crippen LogP contribution in [0.5, 0.6) is 0 Å². The molecule has 0 aromatic heterocycles. The van der Waals surface area contributed by atoms with E-state index in [2.05, 4.69) is 87.7 Å². The zero-order valence-electron chi connectivity index (χ0n) is 14.4. The Morgan fingerprint density at radius 3 is 2.09 bits per heavy atom. The first-order chi connectivity index (χ1) is 10.4. The van der Waals surface area contributed by atoms with E-state index in [1.807, 2.05) is 0 Å². The van der Waals surface area contributed by atoms with E-state index in [1.54, 1.807) is 0 Å². The summed E-state index contributed by atoms with van der Waals surface area (Å²) in [7, 11) is 0. The van der Waals surface area contributed by atoms with Crippen molar-refractivity contribution in [3.63, 3.8) is 0 Å². The third kappa shape index (κ3) is 4.80. The van der Waals surface area contributed by atoms with Crippen LogP contribution < -0.4 is 10.6 Å². The highest BCUT2D eigenvalue weighted by Crippen LogP contribution is 2.24. The maximum absolute atomic E-state index is 3.61. The Bertz CT molecular complexity index is 600. The molecule has 0 radical (unpaired) electrons. The van der Waals surface area contributed by atoms with Gasteiger partial charge >= 0.3 is 0 Å². The van der Waals surface area contributed by atoms with E-state index >= 15 is 0 Å². The standard InChI is InChI=1S/C20H28N2/c1-14(2)12-17(5)21-20-11-10-19(13-16(20)4)22-18-8-6-15(3)7-9-18/h6-11,13-14,17,21-22H,12H2,1-5H3. The molecule has 0 spiro atoms. The van der Waals surface area contributed by atoms with Crippen molar-refractivity contribution in [3.8, 4) is 0 Å². The van der Waals surface area contributed by atoms with Gasteiger partial charge in [-0.1, -0.05) is 31.5 Å².